The van der Waals surface area contributed by atoms with Crippen molar-refractivity contribution < 1.29 is 37.8 Å². The van der Waals surface area contributed by atoms with E-state index >= 15 is 0 Å². The summed E-state index contributed by atoms with van der Waals surface area (Å²) >= 11 is 0. The Labute approximate surface area is 203 Å². The number of carbonyl (C=O) groups excluding carboxylic acids is 2. The molecule has 3 aromatic carbocycles. The second-order valence-electron chi connectivity index (χ2n) is 7.78. The SMILES string of the molecule is O=C(O)CCc1cc(NC(=O)Cc2ccc(NC(=O)Nc3ccccc3C(F)(F)F)cc2)ccc1O. The molecule has 0 unspecified atom stereocenters. The second-order valence-corrected chi connectivity index (χ2v) is 7.78. The van der Waals surface area contributed by atoms with Crippen molar-refractivity contribution in [2.75, 3.05) is 16.0 Å². The van der Waals surface area contributed by atoms with E-state index in [1.54, 1.807) is 12.1 Å². The summed E-state index contributed by atoms with van der Waals surface area (Å²) in [6, 6.07) is 14.3. The molecular formula is C25H22F3N3O5. The first-order valence-corrected chi connectivity index (χ1v) is 10.7. The number of alkyl halides is 3. The number of anilines is 3. The molecule has 0 saturated heterocycles. The van der Waals surface area contributed by atoms with Crippen LogP contribution in [-0.4, -0.2) is 28.1 Å². The van der Waals surface area contributed by atoms with Crippen LogP contribution in [0.2, 0.25) is 0 Å². The number of phenols is 1. The van der Waals surface area contributed by atoms with Crippen molar-refractivity contribution in [2.45, 2.75) is 25.4 Å². The third-order valence-corrected chi connectivity index (χ3v) is 5.03. The highest BCUT2D eigenvalue weighted by Crippen LogP contribution is 2.34. The van der Waals surface area contributed by atoms with Crippen molar-refractivity contribution >= 4 is 35.0 Å². The largest absolute Gasteiger partial charge is 0.508 e. The minimum Gasteiger partial charge on any atom is -0.508 e. The molecule has 0 aliphatic heterocycles. The molecule has 36 heavy (non-hydrogen) atoms. The first-order valence-electron chi connectivity index (χ1n) is 10.7. The van der Waals surface area contributed by atoms with Crippen molar-refractivity contribution in [2.24, 2.45) is 0 Å². The lowest BCUT2D eigenvalue weighted by atomic mass is 10.1. The standard InChI is InChI=1S/C25H22F3N3O5/c26-25(27,28)19-3-1-2-4-20(19)31-24(36)30-17-8-5-15(6-9-17)13-22(33)29-18-10-11-21(32)16(14-18)7-12-23(34)35/h1-6,8-11,14,32H,7,12-13H2,(H,29,33)(H,34,35)(H2,30,31,36). The fraction of sp³-hybridized carbons (Fsp3) is 0.160. The molecular weight excluding hydrogens is 479 g/mol. The van der Waals surface area contributed by atoms with E-state index in [2.05, 4.69) is 16.0 Å². The lowest BCUT2D eigenvalue weighted by Crippen LogP contribution is -2.21. The molecule has 0 aliphatic carbocycles. The van der Waals surface area contributed by atoms with Crippen LogP contribution in [0, 0.1) is 0 Å². The number of hydrogen-bond donors (Lipinski definition) is 5. The van der Waals surface area contributed by atoms with E-state index in [1.807, 2.05) is 0 Å². The van der Waals surface area contributed by atoms with Crippen LogP contribution in [0.5, 0.6) is 5.75 Å². The van der Waals surface area contributed by atoms with E-state index in [1.165, 1.54) is 42.5 Å². The predicted molar refractivity (Wildman–Crippen MR) is 127 cm³/mol. The average molecular weight is 501 g/mol. The predicted octanol–water partition coefficient (Wildman–Crippen LogP) is 5.25. The van der Waals surface area contributed by atoms with Gasteiger partial charge in [0.1, 0.15) is 5.75 Å². The molecule has 3 rings (SSSR count). The molecule has 8 nitrogen and oxygen atoms in total. The highest BCUT2D eigenvalue weighted by atomic mass is 19.4. The van der Waals surface area contributed by atoms with Gasteiger partial charge < -0.3 is 26.2 Å². The molecule has 3 aromatic rings. The van der Waals surface area contributed by atoms with Crippen LogP contribution in [0.4, 0.5) is 35.0 Å². The van der Waals surface area contributed by atoms with Gasteiger partial charge in [-0.05, 0) is 60.0 Å². The Morgan fingerprint density at radius 3 is 2.17 bits per heavy atom. The van der Waals surface area contributed by atoms with Crippen LogP contribution >= 0.6 is 0 Å². The maximum Gasteiger partial charge on any atom is 0.418 e. The van der Waals surface area contributed by atoms with Gasteiger partial charge in [-0.3, -0.25) is 9.59 Å². The molecule has 0 bridgehead atoms. The summed E-state index contributed by atoms with van der Waals surface area (Å²) in [6.45, 7) is 0. The third kappa shape index (κ3) is 7.49. The van der Waals surface area contributed by atoms with Crippen molar-refractivity contribution in [3.8, 4) is 5.75 Å². The van der Waals surface area contributed by atoms with Crippen molar-refractivity contribution in [3.05, 3.63) is 83.4 Å². The number of aryl methyl sites for hydroxylation is 1. The fourth-order valence-electron chi connectivity index (χ4n) is 3.33. The normalized spacial score (nSPS) is 11.0. The monoisotopic (exact) mass is 501 g/mol. The summed E-state index contributed by atoms with van der Waals surface area (Å²) in [5.74, 6) is -1.44. The molecule has 0 atom stereocenters. The first-order chi connectivity index (χ1) is 17.0. The summed E-state index contributed by atoms with van der Waals surface area (Å²) in [7, 11) is 0. The molecule has 0 heterocycles. The fourth-order valence-corrected chi connectivity index (χ4v) is 3.33. The van der Waals surface area contributed by atoms with Gasteiger partial charge in [0, 0.05) is 17.8 Å². The molecule has 5 N–H and O–H groups in total. The Balaban J connectivity index is 1.56. The lowest BCUT2D eigenvalue weighted by Gasteiger charge is -2.14. The maximum atomic E-state index is 13.1. The Bertz CT molecular complexity index is 1260. The molecule has 0 aliphatic rings. The van der Waals surface area contributed by atoms with Crippen molar-refractivity contribution in [1.82, 2.24) is 0 Å². The highest BCUT2D eigenvalue weighted by molar-refractivity contribution is 6.00. The van der Waals surface area contributed by atoms with E-state index in [0.29, 0.717) is 22.5 Å². The average Bonchev–Trinajstić information content (AvgIpc) is 2.80. The number of carbonyl (C=O) groups is 3. The van der Waals surface area contributed by atoms with Gasteiger partial charge in [0.05, 0.1) is 17.7 Å². The number of benzene rings is 3. The van der Waals surface area contributed by atoms with Gasteiger partial charge in [0.25, 0.3) is 0 Å². The molecule has 188 valence electrons. The number of halogens is 3. The second kappa shape index (κ2) is 11.3. The molecule has 0 fully saturated rings. The number of rotatable bonds is 8. The van der Waals surface area contributed by atoms with Gasteiger partial charge in [-0.1, -0.05) is 24.3 Å². The van der Waals surface area contributed by atoms with Crippen LogP contribution in [0.15, 0.2) is 66.7 Å². The number of nitrogens with one attached hydrogen (secondary N) is 3. The van der Waals surface area contributed by atoms with Crippen LogP contribution in [0.25, 0.3) is 0 Å². The number of phenolic OH excluding ortho intramolecular Hbond substituents is 1. The summed E-state index contributed by atoms with van der Waals surface area (Å²) in [5, 5.41) is 25.9. The van der Waals surface area contributed by atoms with E-state index in [0.717, 1.165) is 12.1 Å². The zero-order valence-electron chi connectivity index (χ0n) is 18.7. The number of urea groups is 1. The number of para-hydroxylation sites is 1. The highest BCUT2D eigenvalue weighted by Gasteiger charge is 2.33. The smallest absolute Gasteiger partial charge is 0.418 e. The number of aliphatic carboxylic acids is 1. The zero-order valence-corrected chi connectivity index (χ0v) is 18.7. The van der Waals surface area contributed by atoms with E-state index < -0.39 is 23.7 Å². The number of carboxylic acid groups (broad SMARTS) is 1. The molecule has 0 spiro atoms. The van der Waals surface area contributed by atoms with Gasteiger partial charge >= 0.3 is 18.2 Å². The number of aromatic hydroxyl groups is 1. The zero-order chi connectivity index (χ0) is 26.3. The van der Waals surface area contributed by atoms with Crippen LogP contribution in [-0.2, 0) is 28.6 Å². The lowest BCUT2D eigenvalue weighted by molar-refractivity contribution is -0.137. The summed E-state index contributed by atoms with van der Waals surface area (Å²) in [5.41, 5.74) is 0.350. The van der Waals surface area contributed by atoms with Crippen LogP contribution < -0.4 is 16.0 Å². The minimum absolute atomic E-state index is 0.0171. The first kappa shape index (κ1) is 26.1. The van der Waals surface area contributed by atoms with Gasteiger partial charge in [-0.25, -0.2) is 4.79 Å². The quantitative estimate of drug-likeness (QED) is 0.269. The Morgan fingerprint density at radius 2 is 1.50 bits per heavy atom. The Hall–Kier alpha value is -4.54. The maximum absolute atomic E-state index is 13.1. The number of amides is 3. The van der Waals surface area contributed by atoms with Crippen LogP contribution in [0.3, 0.4) is 0 Å². The number of hydrogen-bond acceptors (Lipinski definition) is 4. The molecule has 0 saturated carbocycles. The molecule has 3 amide bonds. The summed E-state index contributed by atoms with van der Waals surface area (Å²) < 4.78 is 39.2. The van der Waals surface area contributed by atoms with Gasteiger partial charge in [0.2, 0.25) is 5.91 Å². The van der Waals surface area contributed by atoms with Gasteiger partial charge in [-0.2, -0.15) is 13.2 Å². The van der Waals surface area contributed by atoms with Crippen molar-refractivity contribution in [1.29, 1.82) is 0 Å². The third-order valence-electron chi connectivity index (χ3n) is 5.03. The molecule has 0 aromatic heterocycles. The minimum atomic E-state index is -4.62. The molecule has 11 heteroatoms. The van der Waals surface area contributed by atoms with E-state index in [-0.39, 0.29) is 36.6 Å². The van der Waals surface area contributed by atoms with Crippen LogP contribution in [0.1, 0.15) is 23.1 Å². The topological polar surface area (TPSA) is 128 Å². The summed E-state index contributed by atoms with van der Waals surface area (Å²) in [6.07, 6.45) is -4.70. The van der Waals surface area contributed by atoms with Crippen molar-refractivity contribution in [3.63, 3.8) is 0 Å². The van der Waals surface area contributed by atoms with Gasteiger partial charge in [-0.15, -0.1) is 0 Å². The van der Waals surface area contributed by atoms with E-state index in [4.69, 9.17) is 5.11 Å². The van der Waals surface area contributed by atoms with Gasteiger partial charge in [0.15, 0.2) is 0 Å². The van der Waals surface area contributed by atoms with E-state index in [9.17, 15) is 32.7 Å². The Kier molecular flexibility index (Phi) is 8.15. The Morgan fingerprint density at radius 1 is 0.833 bits per heavy atom. The number of carboxylic acids is 1. The molecule has 0 radical (unpaired) electrons. The summed E-state index contributed by atoms with van der Waals surface area (Å²) in [4.78, 5) is 35.3.